The van der Waals surface area contributed by atoms with Gasteiger partial charge in [-0.15, -0.1) is 0 Å². The summed E-state index contributed by atoms with van der Waals surface area (Å²) in [5.74, 6) is 0.376. The van der Waals surface area contributed by atoms with Gasteiger partial charge < -0.3 is 0 Å². The molecular formula is C16H22O2S. The van der Waals surface area contributed by atoms with Gasteiger partial charge in [-0.2, -0.15) is 0 Å². The van der Waals surface area contributed by atoms with Gasteiger partial charge in [0.1, 0.15) is 11.0 Å². The number of hydrogen-bond acceptors (Lipinski definition) is 2. The van der Waals surface area contributed by atoms with Crippen molar-refractivity contribution >= 4 is 16.6 Å². The van der Waals surface area contributed by atoms with E-state index in [9.17, 15) is 9.00 Å². The lowest BCUT2D eigenvalue weighted by Gasteiger charge is -2.30. The van der Waals surface area contributed by atoms with Crippen molar-refractivity contribution in [3.05, 3.63) is 29.8 Å². The predicted molar refractivity (Wildman–Crippen MR) is 78.6 cm³/mol. The summed E-state index contributed by atoms with van der Waals surface area (Å²) >= 11 is 0. The van der Waals surface area contributed by atoms with E-state index in [1.54, 1.807) is 0 Å². The Morgan fingerprint density at radius 3 is 2.26 bits per heavy atom. The molecule has 0 unspecified atom stereocenters. The highest BCUT2D eigenvalue weighted by atomic mass is 32.2. The molecule has 104 valence electrons. The molecule has 1 aliphatic rings. The molecule has 1 saturated carbocycles. The molecule has 0 aromatic heterocycles. The molecular weight excluding hydrogens is 256 g/mol. The van der Waals surface area contributed by atoms with E-state index in [0.29, 0.717) is 6.42 Å². The molecule has 0 heterocycles. The summed E-state index contributed by atoms with van der Waals surface area (Å²) in [6, 6.07) is 7.69. The van der Waals surface area contributed by atoms with Crippen LogP contribution in [0, 0.1) is 18.3 Å². The number of rotatable bonds is 2. The standard InChI is InChI=1S/C16H22O2S/c1-11-5-7-12(8-6-11)19(18)15-13(16(2,3)4)9-10-14(15)17/h5-8,13,15H,9-10H2,1-4H3/t13-,15+,19+/m1/s1. The first kappa shape index (κ1) is 14.4. The van der Waals surface area contributed by atoms with E-state index in [0.717, 1.165) is 16.9 Å². The van der Waals surface area contributed by atoms with Crippen LogP contribution in [-0.2, 0) is 15.6 Å². The van der Waals surface area contributed by atoms with Crippen LogP contribution in [-0.4, -0.2) is 15.2 Å². The molecule has 3 atom stereocenters. The van der Waals surface area contributed by atoms with Crippen LogP contribution in [0.25, 0.3) is 0 Å². The molecule has 1 aliphatic carbocycles. The Bertz CT molecular complexity index is 496. The molecule has 0 amide bonds. The zero-order chi connectivity index (χ0) is 14.2. The van der Waals surface area contributed by atoms with Crippen molar-refractivity contribution in [1.29, 1.82) is 0 Å². The Morgan fingerprint density at radius 2 is 1.74 bits per heavy atom. The van der Waals surface area contributed by atoms with E-state index in [1.165, 1.54) is 0 Å². The summed E-state index contributed by atoms with van der Waals surface area (Å²) in [5.41, 5.74) is 1.17. The molecule has 2 nitrogen and oxygen atoms in total. The molecule has 0 spiro atoms. The zero-order valence-corrected chi connectivity index (χ0v) is 12.9. The molecule has 0 radical (unpaired) electrons. The van der Waals surface area contributed by atoms with E-state index in [2.05, 4.69) is 20.8 Å². The number of benzene rings is 1. The summed E-state index contributed by atoms with van der Waals surface area (Å²) < 4.78 is 12.7. The third-order valence-corrected chi connectivity index (χ3v) is 5.77. The van der Waals surface area contributed by atoms with Crippen molar-refractivity contribution in [3.8, 4) is 0 Å². The smallest absolute Gasteiger partial charge is 0.149 e. The van der Waals surface area contributed by atoms with Gasteiger partial charge in [-0.05, 0) is 36.8 Å². The van der Waals surface area contributed by atoms with Gasteiger partial charge in [-0.3, -0.25) is 9.00 Å². The Hall–Kier alpha value is -0.960. The van der Waals surface area contributed by atoms with Gasteiger partial charge in [0.15, 0.2) is 0 Å². The van der Waals surface area contributed by atoms with Crippen LogP contribution in [0.1, 0.15) is 39.2 Å². The van der Waals surface area contributed by atoms with Gasteiger partial charge in [0.25, 0.3) is 0 Å². The lowest BCUT2D eigenvalue weighted by Crippen LogP contribution is -2.34. The molecule has 1 fully saturated rings. The highest BCUT2D eigenvalue weighted by Crippen LogP contribution is 2.41. The third-order valence-electron chi connectivity index (χ3n) is 3.98. The molecule has 0 bridgehead atoms. The van der Waals surface area contributed by atoms with Crippen LogP contribution < -0.4 is 0 Å². The van der Waals surface area contributed by atoms with Gasteiger partial charge in [-0.25, -0.2) is 0 Å². The second-order valence-electron chi connectivity index (χ2n) is 6.51. The maximum absolute atomic E-state index is 12.7. The van der Waals surface area contributed by atoms with Crippen molar-refractivity contribution in [2.75, 3.05) is 0 Å². The highest BCUT2D eigenvalue weighted by molar-refractivity contribution is 7.86. The second kappa shape index (κ2) is 5.20. The number of carbonyl (C=O) groups is 1. The van der Waals surface area contributed by atoms with Crippen LogP contribution in [0.15, 0.2) is 29.2 Å². The third kappa shape index (κ3) is 2.97. The fraction of sp³-hybridized carbons (Fsp3) is 0.562. The van der Waals surface area contributed by atoms with Gasteiger partial charge >= 0.3 is 0 Å². The lowest BCUT2D eigenvalue weighted by molar-refractivity contribution is -0.117. The van der Waals surface area contributed by atoms with Crippen molar-refractivity contribution in [1.82, 2.24) is 0 Å². The van der Waals surface area contributed by atoms with Crippen molar-refractivity contribution in [3.63, 3.8) is 0 Å². The SMILES string of the molecule is Cc1ccc([S@](=O)[C@@H]2C(=O)CC[C@H]2C(C)(C)C)cc1. The van der Waals surface area contributed by atoms with Crippen molar-refractivity contribution in [2.45, 2.75) is 50.7 Å². The molecule has 0 aliphatic heterocycles. The molecule has 3 heteroatoms. The monoisotopic (exact) mass is 278 g/mol. The number of hydrogen-bond donors (Lipinski definition) is 0. The summed E-state index contributed by atoms with van der Waals surface area (Å²) in [5, 5.41) is -0.331. The molecule has 19 heavy (non-hydrogen) atoms. The normalized spacial score (nSPS) is 25.6. The largest absolute Gasteiger partial charge is 0.298 e. The van der Waals surface area contributed by atoms with Gasteiger partial charge in [0.2, 0.25) is 0 Å². The molecule has 1 aromatic rings. The maximum Gasteiger partial charge on any atom is 0.149 e. The van der Waals surface area contributed by atoms with Gasteiger partial charge in [-0.1, -0.05) is 38.5 Å². The maximum atomic E-state index is 12.7. The van der Waals surface area contributed by atoms with Crippen molar-refractivity contribution < 1.29 is 9.00 Å². The van der Waals surface area contributed by atoms with E-state index < -0.39 is 10.8 Å². The highest BCUT2D eigenvalue weighted by Gasteiger charge is 2.44. The first-order valence-electron chi connectivity index (χ1n) is 6.80. The first-order valence-corrected chi connectivity index (χ1v) is 8.02. The van der Waals surface area contributed by atoms with E-state index in [1.807, 2.05) is 31.2 Å². The summed E-state index contributed by atoms with van der Waals surface area (Å²) in [7, 11) is -1.22. The van der Waals surface area contributed by atoms with Gasteiger partial charge in [0.05, 0.1) is 10.8 Å². The van der Waals surface area contributed by atoms with E-state index in [4.69, 9.17) is 0 Å². The van der Waals surface area contributed by atoms with E-state index in [-0.39, 0.29) is 22.4 Å². The van der Waals surface area contributed by atoms with Crippen LogP contribution in [0.2, 0.25) is 0 Å². The fourth-order valence-electron chi connectivity index (χ4n) is 2.79. The Kier molecular flexibility index (Phi) is 3.95. The molecule has 0 N–H and O–H groups in total. The second-order valence-corrected chi connectivity index (χ2v) is 8.08. The van der Waals surface area contributed by atoms with Crippen LogP contribution in [0.5, 0.6) is 0 Å². The Morgan fingerprint density at radius 1 is 1.16 bits per heavy atom. The number of Topliss-reactive ketones (excluding diaryl/α,β-unsaturated/α-hetero) is 1. The molecule has 0 saturated heterocycles. The predicted octanol–water partition coefficient (Wildman–Crippen LogP) is 3.50. The van der Waals surface area contributed by atoms with E-state index >= 15 is 0 Å². The Balaban J connectivity index is 2.30. The summed E-state index contributed by atoms with van der Waals surface area (Å²) in [6.45, 7) is 8.41. The minimum atomic E-state index is -1.22. The summed E-state index contributed by atoms with van der Waals surface area (Å²) in [6.07, 6.45) is 1.44. The number of carbonyl (C=O) groups excluding carboxylic acids is 1. The number of aryl methyl sites for hydroxylation is 1. The average Bonchev–Trinajstić information content (AvgIpc) is 2.71. The number of ketones is 1. The fourth-order valence-corrected chi connectivity index (χ4v) is 4.69. The van der Waals surface area contributed by atoms with Crippen LogP contribution >= 0.6 is 0 Å². The minimum Gasteiger partial charge on any atom is -0.298 e. The quantitative estimate of drug-likeness (QED) is 0.829. The van der Waals surface area contributed by atoms with Crippen LogP contribution in [0.3, 0.4) is 0 Å². The Labute approximate surface area is 118 Å². The lowest BCUT2D eigenvalue weighted by atomic mass is 9.79. The average molecular weight is 278 g/mol. The van der Waals surface area contributed by atoms with Crippen LogP contribution in [0.4, 0.5) is 0 Å². The molecule has 1 aromatic carbocycles. The van der Waals surface area contributed by atoms with Gasteiger partial charge in [0, 0.05) is 11.3 Å². The zero-order valence-electron chi connectivity index (χ0n) is 12.1. The first-order chi connectivity index (χ1) is 8.80. The van der Waals surface area contributed by atoms with Crippen molar-refractivity contribution in [2.24, 2.45) is 11.3 Å². The molecule has 2 rings (SSSR count). The minimum absolute atomic E-state index is 0.0250. The summed E-state index contributed by atoms with van der Waals surface area (Å²) in [4.78, 5) is 12.9. The topological polar surface area (TPSA) is 34.1 Å².